The first-order valence-corrected chi connectivity index (χ1v) is 10.8. The van der Waals surface area contributed by atoms with Crippen molar-refractivity contribution in [3.05, 3.63) is 87.8 Å². The first-order valence-electron chi connectivity index (χ1n) is 10.00. The van der Waals surface area contributed by atoms with Gasteiger partial charge in [-0.1, -0.05) is 30.3 Å². The Balaban J connectivity index is 1.35. The zero-order valence-electron chi connectivity index (χ0n) is 16.3. The van der Waals surface area contributed by atoms with E-state index < -0.39 is 0 Å². The molecule has 0 N–H and O–H groups in total. The second-order valence-corrected chi connectivity index (χ2v) is 8.62. The Morgan fingerprint density at radius 1 is 1.17 bits per heavy atom. The van der Waals surface area contributed by atoms with Crippen molar-refractivity contribution in [1.82, 2.24) is 23.8 Å². The SMILES string of the molecule is O=C(c1cnc2sc(Cc3ccccc3)cn2c1=O)N1CCC(n2ccnc2)CC1. The van der Waals surface area contributed by atoms with E-state index in [1.807, 2.05) is 36.9 Å². The first-order chi connectivity index (χ1) is 14.7. The second-order valence-electron chi connectivity index (χ2n) is 7.52. The average molecular weight is 420 g/mol. The highest BCUT2D eigenvalue weighted by molar-refractivity contribution is 7.17. The summed E-state index contributed by atoms with van der Waals surface area (Å²) in [4.78, 5) is 37.9. The van der Waals surface area contributed by atoms with Crippen LogP contribution in [0.25, 0.3) is 4.96 Å². The number of fused-ring (bicyclic) bond motifs is 1. The van der Waals surface area contributed by atoms with E-state index in [0.717, 1.165) is 24.1 Å². The van der Waals surface area contributed by atoms with Gasteiger partial charge >= 0.3 is 0 Å². The molecule has 0 aliphatic carbocycles. The number of nitrogens with zero attached hydrogens (tertiary/aromatic N) is 5. The Bertz CT molecular complexity index is 1220. The van der Waals surface area contributed by atoms with E-state index >= 15 is 0 Å². The van der Waals surface area contributed by atoms with E-state index in [1.54, 1.807) is 11.1 Å². The molecule has 152 valence electrons. The first kappa shape index (κ1) is 18.7. The highest BCUT2D eigenvalue weighted by atomic mass is 32.1. The number of piperidine rings is 1. The number of amides is 1. The maximum atomic E-state index is 13.0. The van der Waals surface area contributed by atoms with Gasteiger partial charge in [0.15, 0.2) is 4.96 Å². The fourth-order valence-electron chi connectivity index (χ4n) is 3.98. The van der Waals surface area contributed by atoms with Crippen molar-refractivity contribution in [2.24, 2.45) is 0 Å². The molecular weight excluding hydrogens is 398 g/mol. The minimum atomic E-state index is -0.294. The molecule has 1 saturated heterocycles. The molecule has 1 aliphatic heterocycles. The monoisotopic (exact) mass is 419 g/mol. The smallest absolute Gasteiger partial charge is 0.271 e. The number of hydrogen-bond donors (Lipinski definition) is 0. The molecule has 0 radical (unpaired) electrons. The molecule has 3 aromatic heterocycles. The number of carbonyl (C=O) groups is 1. The number of benzene rings is 1. The molecule has 1 amide bonds. The summed E-state index contributed by atoms with van der Waals surface area (Å²) in [6.45, 7) is 1.24. The fourth-order valence-corrected chi connectivity index (χ4v) is 4.95. The van der Waals surface area contributed by atoms with Gasteiger partial charge in [0.2, 0.25) is 0 Å². The second kappa shape index (κ2) is 7.87. The van der Waals surface area contributed by atoms with Gasteiger partial charge in [0.25, 0.3) is 11.5 Å². The van der Waals surface area contributed by atoms with E-state index in [2.05, 4.69) is 26.7 Å². The molecule has 1 aliphatic rings. The number of likely N-dealkylation sites (tertiary alicyclic amines) is 1. The van der Waals surface area contributed by atoms with Crippen molar-refractivity contribution < 1.29 is 4.79 Å². The van der Waals surface area contributed by atoms with Crippen molar-refractivity contribution >= 4 is 22.2 Å². The Morgan fingerprint density at radius 3 is 2.70 bits per heavy atom. The van der Waals surface area contributed by atoms with Crippen LogP contribution in [0.4, 0.5) is 0 Å². The molecule has 4 heterocycles. The average Bonchev–Trinajstić information content (AvgIpc) is 3.45. The van der Waals surface area contributed by atoms with E-state index in [1.165, 1.54) is 27.5 Å². The van der Waals surface area contributed by atoms with Gasteiger partial charge < -0.3 is 9.47 Å². The molecule has 1 fully saturated rings. The van der Waals surface area contributed by atoms with Crippen LogP contribution in [0.2, 0.25) is 0 Å². The summed E-state index contributed by atoms with van der Waals surface area (Å²) in [5.41, 5.74) is 1.02. The van der Waals surface area contributed by atoms with Gasteiger partial charge in [-0.15, -0.1) is 11.3 Å². The van der Waals surface area contributed by atoms with Crippen LogP contribution < -0.4 is 5.56 Å². The third kappa shape index (κ3) is 3.54. The molecule has 5 rings (SSSR count). The highest BCUT2D eigenvalue weighted by Gasteiger charge is 2.26. The molecule has 4 aromatic rings. The molecule has 30 heavy (non-hydrogen) atoms. The summed E-state index contributed by atoms with van der Waals surface area (Å²) >= 11 is 1.48. The van der Waals surface area contributed by atoms with Crippen molar-refractivity contribution in [3.63, 3.8) is 0 Å². The van der Waals surface area contributed by atoms with Crippen LogP contribution in [0.5, 0.6) is 0 Å². The lowest BCUT2D eigenvalue weighted by Gasteiger charge is -2.32. The van der Waals surface area contributed by atoms with Crippen molar-refractivity contribution in [1.29, 1.82) is 0 Å². The van der Waals surface area contributed by atoms with Gasteiger partial charge in [-0.3, -0.25) is 14.0 Å². The number of rotatable bonds is 4. The van der Waals surface area contributed by atoms with Crippen LogP contribution in [0.3, 0.4) is 0 Å². The van der Waals surface area contributed by atoms with Crippen LogP contribution in [0.1, 0.15) is 39.7 Å². The zero-order chi connectivity index (χ0) is 20.5. The number of carbonyl (C=O) groups excluding carboxylic acids is 1. The predicted molar refractivity (Wildman–Crippen MR) is 115 cm³/mol. The summed E-state index contributed by atoms with van der Waals surface area (Å²) in [5.74, 6) is -0.234. The molecule has 0 bridgehead atoms. The van der Waals surface area contributed by atoms with E-state index in [0.29, 0.717) is 24.1 Å². The number of imidazole rings is 1. The maximum Gasteiger partial charge on any atom is 0.271 e. The van der Waals surface area contributed by atoms with Crippen LogP contribution >= 0.6 is 11.3 Å². The summed E-state index contributed by atoms with van der Waals surface area (Å²) in [5, 5.41) is 0. The Kier molecular flexibility index (Phi) is 4.92. The van der Waals surface area contributed by atoms with Gasteiger partial charge in [0, 0.05) is 55.2 Å². The molecule has 1 aromatic carbocycles. The van der Waals surface area contributed by atoms with Crippen molar-refractivity contribution in [2.75, 3.05) is 13.1 Å². The van der Waals surface area contributed by atoms with Gasteiger partial charge in [-0.05, 0) is 18.4 Å². The zero-order valence-corrected chi connectivity index (χ0v) is 17.2. The minimum absolute atomic E-state index is 0.137. The lowest BCUT2D eigenvalue weighted by Crippen LogP contribution is -2.41. The quantitative estimate of drug-likeness (QED) is 0.510. The largest absolute Gasteiger partial charge is 0.338 e. The summed E-state index contributed by atoms with van der Waals surface area (Å²) in [7, 11) is 0. The standard InChI is InChI=1S/C22H21N5O2S/c28-20(25-9-6-17(7-10-25)26-11-8-23-15-26)19-13-24-22-27(21(19)29)14-18(30-22)12-16-4-2-1-3-5-16/h1-5,8,11,13-15,17H,6-7,9-10,12H2. The third-order valence-electron chi connectivity index (χ3n) is 5.60. The summed E-state index contributed by atoms with van der Waals surface area (Å²) in [6.07, 6.45) is 11.2. The molecule has 0 spiro atoms. The van der Waals surface area contributed by atoms with Crippen molar-refractivity contribution in [2.45, 2.75) is 25.3 Å². The molecule has 7 nitrogen and oxygen atoms in total. The number of hydrogen-bond acceptors (Lipinski definition) is 5. The van der Waals surface area contributed by atoms with Crippen molar-refractivity contribution in [3.8, 4) is 0 Å². The Morgan fingerprint density at radius 2 is 1.97 bits per heavy atom. The summed E-state index contributed by atoms with van der Waals surface area (Å²) < 4.78 is 3.60. The van der Waals surface area contributed by atoms with Gasteiger partial charge in [-0.2, -0.15) is 0 Å². The highest BCUT2D eigenvalue weighted by Crippen LogP contribution is 2.23. The van der Waals surface area contributed by atoms with Crippen LogP contribution in [0, 0.1) is 0 Å². The third-order valence-corrected chi connectivity index (χ3v) is 6.60. The van der Waals surface area contributed by atoms with E-state index in [-0.39, 0.29) is 17.0 Å². The Labute approximate surface area is 177 Å². The maximum absolute atomic E-state index is 13.0. The fraction of sp³-hybridized carbons (Fsp3) is 0.273. The lowest BCUT2D eigenvalue weighted by atomic mass is 10.0. The summed E-state index contributed by atoms with van der Waals surface area (Å²) in [6, 6.07) is 10.4. The van der Waals surface area contributed by atoms with E-state index in [4.69, 9.17) is 0 Å². The minimum Gasteiger partial charge on any atom is -0.338 e. The molecule has 0 unspecified atom stereocenters. The van der Waals surface area contributed by atoms with E-state index in [9.17, 15) is 9.59 Å². The van der Waals surface area contributed by atoms with Crippen LogP contribution in [-0.2, 0) is 6.42 Å². The lowest BCUT2D eigenvalue weighted by molar-refractivity contribution is 0.0692. The van der Waals surface area contributed by atoms with Gasteiger partial charge in [-0.25, -0.2) is 9.97 Å². The normalized spacial score (nSPS) is 15.0. The van der Waals surface area contributed by atoms with Crippen LogP contribution in [0.15, 0.2) is 66.2 Å². The van der Waals surface area contributed by atoms with Crippen LogP contribution in [-0.4, -0.2) is 42.8 Å². The molecule has 0 saturated carbocycles. The molecule has 0 atom stereocenters. The topological polar surface area (TPSA) is 72.5 Å². The van der Waals surface area contributed by atoms with Gasteiger partial charge in [0.05, 0.1) is 6.33 Å². The molecule has 8 heteroatoms. The Hall–Kier alpha value is -3.26. The van der Waals surface area contributed by atoms with Gasteiger partial charge in [0.1, 0.15) is 5.56 Å². The molecular formula is C22H21N5O2S. The number of thiazole rings is 1. The predicted octanol–water partition coefficient (Wildman–Crippen LogP) is 3.02. The number of aromatic nitrogens is 4.